The van der Waals surface area contributed by atoms with E-state index in [1.54, 1.807) is 0 Å². The molecule has 0 aliphatic rings. The largest absolute Gasteiger partial charge is 0.309 e. The van der Waals surface area contributed by atoms with Gasteiger partial charge in [-0.15, -0.1) is 11.3 Å². The van der Waals surface area contributed by atoms with Gasteiger partial charge in [0.05, 0.1) is 0 Å². The van der Waals surface area contributed by atoms with Gasteiger partial charge in [-0.1, -0.05) is 33.6 Å². The van der Waals surface area contributed by atoms with Gasteiger partial charge in [0.1, 0.15) is 0 Å². The molecule has 2 heteroatoms. The zero-order valence-electron chi connectivity index (χ0n) is 10.3. The fraction of sp³-hybridized carbons (Fsp3) is 0.692. The molecule has 1 nitrogen and oxygen atoms in total. The Bertz CT molecular complexity index is 276. The lowest BCUT2D eigenvalue weighted by atomic mass is 9.93. The van der Waals surface area contributed by atoms with Crippen LogP contribution in [0.15, 0.2) is 12.1 Å². The molecule has 1 heterocycles. The van der Waals surface area contributed by atoms with Crippen LogP contribution in [0.5, 0.6) is 0 Å². The van der Waals surface area contributed by atoms with Crippen molar-refractivity contribution in [3.8, 4) is 0 Å². The Balaban J connectivity index is 2.81. The van der Waals surface area contributed by atoms with Crippen LogP contribution >= 0.6 is 11.3 Å². The average molecular weight is 225 g/mol. The van der Waals surface area contributed by atoms with Crippen LogP contribution < -0.4 is 5.32 Å². The predicted octanol–water partition coefficient (Wildman–Crippen LogP) is 4.14. The van der Waals surface area contributed by atoms with Crippen molar-refractivity contribution in [3.05, 3.63) is 21.9 Å². The fourth-order valence-corrected chi connectivity index (χ4v) is 3.15. The van der Waals surface area contributed by atoms with Crippen molar-refractivity contribution in [1.82, 2.24) is 5.32 Å². The van der Waals surface area contributed by atoms with E-state index in [1.807, 2.05) is 11.3 Å². The quantitative estimate of drug-likeness (QED) is 0.767. The molecule has 1 N–H and O–H groups in total. The fourth-order valence-electron chi connectivity index (χ4n) is 2.10. The molecule has 15 heavy (non-hydrogen) atoms. The maximum atomic E-state index is 3.62. The molecule has 0 aromatic carbocycles. The summed E-state index contributed by atoms with van der Waals surface area (Å²) < 4.78 is 0. The van der Waals surface area contributed by atoms with Crippen LogP contribution in [0.3, 0.4) is 0 Å². The molecule has 1 rings (SSSR count). The van der Waals surface area contributed by atoms with Crippen molar-refractivity contribution < 1.29 is 0 Å². The summed E-state index contributed by atoms with van der Waals surface area (Å²) in [5.74, 6) is 0.767. The third-order valence-electron chi connectivity index (χ3n) is 3.01. The molecule has 0 aliphatic heterocycles. The molecule has 0 radical (unpaired) electrons. The molecule has 0 saturated heterocycles. The molecule has 1 aromatic rings. The average Bonchev–Trinajstić information content (AvgIpc) is 2.65. The van der Waals surface area contributed by atoms with Gasteiger partial charge in [0.25, 0.3) is 0 Å². The van der Waals surface area contributed by atoms with E-state index in [1.165, 1.54) is 22.6 Å². The second kappa shape index (κ2) is 6.29. The first kappa shape index (κ1) is 12.7. The summed E-state index contributed by atoms with van der Waals surface area (Å²) in [4.78, 5) is 2.92. The zero-order chi connectivity index (χ0) is 11.3. The number of rotatable bonds is 6. The SMILES string of the molecule is CCNC(c1ccc(C)s1)C(CC)CC. The van der Waals surface area contributed by atoms with Crippen molar-refractivity contribution in [2.75, 3.05) is 6.54 Å². The zero-order valence-corrected chi connectivity index (χ0v) is 11.2. The Morgan fingerprint density at radius 3 is 2.27 bits per heavy atom. The molecular weight excluding hydrogens is 202 g/mol. The van der Waals surface area contributed by atoms with Crippen molar-refractivity contribution in [2.24, 2.45) is 5.92 Å². The van der Waals surface area contributed by atoms with E-state index in [9.17, 15) is 0 Å². The van der Waals surface area contributed by atoms with E-state index in [4.69, 9.17) is 0 Å². The van der Waals surface area contributed by atoms with Gasteiger partial charge in [-0.3, -0.25) is 0 Å². The Kier molecular flexibility index (Phi) is 5.34. The molecule has 1 atom stereocenters. The summed E-state index contributed by atoms with van der Waals surface area (Å²) in [6.45, 7) is 10.0. The molecule has 1 unspecified atom stereocenters. The van der Waals surface area contributed by atoms with Crippen molar-refractivity contribution in [1.29, 1.82) is 0 Å². The van der Waals surface area contributed by atoms with E-state index in [0.29, 0.717) is 6.04 Å². The van der Waals surface area contributed by atoms with Crippen LogP contribution in [0.25, 0.3) is 0 Å². The van der Waals surface area contributed by atoms with Gasteiger partial charge >= 0.3 is 0 Å². The van der Waals surface area contributed by atoms with Gasteiger partial charge in [0.15, 0.2) is 0 Å². The van der Waals surface area contributed by atoms with Crippen molar-refractivity contribution in [2.45, 2.75) is 46.6 Å². The second-order valence-electron chi connectivity index (χ2n) is 4.06. The van der Waals surface area contributed by atoms with Gasteiger partial charge in [0, 0.05) is 15.8 Å². The highest BCUT2D eigenvalue weighted by atomic mass is 32.1. The Labute approximate surface area is 97.9 Å². The molecule has 0 aliphatic carbocycles. The first-order valence-corrected chi connectivity index (χ1v) is 6.84. The molecule has 0 fully saturated rings. The lowest BCUT2D eigenvalue weighted by molar-refractivity contribution is 0.351. The highest BCUT2D eigenvalue weighted by molar-refractivity contribution is 7.12. The van der Waals surface area contributed by atoms with E-state index in [2.05, 4.69) is 45.1 Å². The summed E-state index contributed by atoms with van der Waals surface area (Å²) in [5.41, 5.74) is 0. The molecule has 86 valence electrons. The summed E-state index contributed by atoms with van der Waals surface area (Å²) in [7, 11) is 0. The molecule has 0 bridgehead atoms. The number of nitrogens with one attached hydrogen (secondary N) is 1. The molecular formula is C13H23NS. The maximum Gasteiger partial charge on any atom is 0.0443 e. The predicted molar refractivity (Wildman–Crippen MR) is 69.5 cm³/mol. The Hall–Kier alpha value is -0.340. The van der Waals surface area contributed by atoms with Gasteiger partial charge in [0.2, 0.25) is 0 Å². The minimum atomic E-state index is 0.559. The first-order chi connectivity index (χ1) is 7.22. The number of thiophene rings is 1. The molecule has 0 spiro atoms. The normalized spacial score (nSPS) is 13.4. The van der Waals surface area contributed by atoms with E-state index >= 15 is 0 Å². The van der Waals surface area contributed by atoms with Gasteiger partial charge in [-0.2, -0.15) is 0 Å². The van der Waals surface area contributed by atoms with Crippen LogP contribution in [0, 0.1) is 12.8 Å². The highest BCUT2D eigenvalue weighted by Gasteiger charge is 2.20. The smallest absolute Gasteiger partial charge is 0.0443 e. The van der Waals surface area contributed by atoms with Crippen LogP contribution in [0.4, 0.5) is 0 Å². The number of aryl methyl sites for hydroxylation is 1. The standard InChI is InChI=1S/C13H23NS/c1-5-11(6-2)13(14-7-3)12-9-8-10(4)15-12/h8-9,11,13-14H,5-7H2,1-4H3. The van der Waals surface area contributed by atoms with Crippen molar-refractivity contribution in [3.63, 3.8) is 0 Å². The topological polar surface area (TPSA) is 12.0 Å². The van der Waals surface area contributed by atoms with Crippen molar-refractivity contribution >= 4 is 11.3 Å². The number of hydrogen-bond donors (Lipinski definition) is 1. The van der Waals surface area contributed by atoms with Gasteiger partial charge in [-0.25, -0.2) is 0 Å². The van der Waals surface area contributed by atoms with Crippen LogP contribution in [-0.4, -0.2) is 6.54 Å². The molecule has 0 saturated carbocycles. The maximum absolute atomic E-state index is 3.62. The lowest BCUT2D eigenvalue weighted by Crippen LogP contribution is -2.26. The minimum absolute atomic E-state index is 0.559. The van der Waals surface area contributed by atoms with Crippen LogP contribution in [0.2, 0.25) is 0 Å². The third-order valence-corrected chi connectivity index (χ3v) is 4.10. The highest BCUT2D eigenvalue weighted by Crippen LogP contribution is 2.31. The summed E-state index contributed by atoms with van der Waals surface area (Å²) in [5, 5.41) is 3.62. The Morgan fingerprint density at radius 1 is 1.20 bits per heavy atom. The van der Waals surface area contributed by atoms with Gasteiger partial charge < -0.3 is 5.32 Å². The van der Waals surface area contributed by atoms with Gasteiger partial charge in [-0.05, 0) is 31.5 Å². The van der Waals surface area contributed by atoms with Crippen LogP contribution in [-0.2, 0) is 0 Å². The van der Waals surface area contributed by atoms with E-state index < -0.39 is 0 Å². The summed E-state index contributed by atoms with van der Waals surface area (Å²) in [6.07, 6.45) is 2.51. The van der Waals surface area contributed by atoms with E-state index in [0.717, 1.165) is 12.5 Å². The molecule has 1 aromatic heterocycles. The molecule has 0 amide bonds. The van der Waals surface area contributed by atoms with Crippen LogP contribution in [0.1, 0.15) is 49.4 Å². The second-order valence-corrected chi connectivity index (χ2v) is 5.38. The summed E-state index contributed by atoms with van der Waals surface area (Å²) >= 11 is 1.93. The third kappa shape index (κ3) is 3.32. The minimum Gasteiger partial charge on any atom is -0.309 e. The summed E-state index contributed by atoms with van der Waals surface area (Å²) in [6, 6.07) is 5.07. The first-order valence-electron chi connectivity index (χ1n) is 6.02. The number of hydrogen-bond acceptors (Lipinski definition) is 2. The Morgan fingerprint density at radius 2 is 1.87 bits per heavy atom. The lowest BCUT2D eigenvalue weighted by Gasteiger charge is -2.25. The monoisotopic (exact) mass is 225 g/mol. The van der Waals surface area contributed by atoms with E-state index in [-0.39, 0.29) is 0 Å².